The molecule has 1 aromatic heterocycles. The van der Waals surface area contributed by atoms with E-state index in [9.17, 15) is 5.11 Å². The minimum absolute atomic E-state index is 0.0462. The van der Waals surface area contributed by atoms with Crippen LogP contribution >= 0.6 is 0 Å². The fourth-order valence-corrected chi connectivity index (χ4v) is 2.63. The average Bonchev–Trinajstić information content (AvgIpc) is 3.06. The summed E-state index contributed by atoms with van der Waals surface area (Å²) >= 11 is 0. The molecule has 0 saturated heterocycles. The van der Waals surface area contributed by atoms with Crippen LogP contribution in [0, 0.1) is 0 Å². The quantitative estimate of drug-likeness (QED) is 0.721. The van der Waals surface area contributed by atoms with E-state index in [1.54, 1.807) is 0 Å². The molecule has 1 N–H and O–H groups in total. The van der Waals surface area contributed by atoms with Crippen LogP contribution in [0.25, 0.3) is 0 Å². The van der Waals surface area contributed by atoms with Crippen LogP contribution in [0.15, 0.2) is 34.9 Å². The molecule has 2 atom stereocenters. The third kappa shape index (κ3) is 5.12. The number of nitrogens with zero attached hydrogens (tertiary/aromatic N) is 3. The Morgan fingerprint density at radius 2 is 1.96 bits per heavy atom. The lowest BCUT2D eigenvalue weighted by Crippen LogP contribution is -2.36. The lowest BCUT2D eigenvalue weighted by molar-refractivity contribution is 0.0683. The number of hydrogen-bond donors (Lipinski definition) is 1. The van der Waals surface area contributed by atoms with Gasteiger partial charge in [0.1, 0.15) is 6.10 Å². The molecule has 2 rings (SSSR count). The van der Waals surface area contributed by atoms with Crippen LogP contribution < -0.4 is 0 Å². The van der Waals surface area contributed by atoms with E-state index in [-0.39, 0.29) is 18.8 Å². The van der Waals surface area contributed by atoms with Gasteiger partial charge in [-0.3, -0.25) is 4.90 Å². The molecule has 0 aliphatic carbocycles. The molecular formula is C18H27N3O3. The second kappa shape index (κ2) is 9.52. The summed E-state index contributed by atoms with van der Waals surface area (Å²) in [7, 11) is 0. The van der Waals surface area contributed by atoms with Crippen molar-refractivity contribution < 1.29 is 14.4 Å². The molecule has 0 saturated carbocycles. The molecule has 0 aliphatic rings. The second-order valence-electron chi connectivity index (χ2n) is 5.78. The van der Waals surface area contributed by atoms with Gasteiger partial charge in [-0.15, -0.1) is 0 Å². The summed E-state index contributed by atoms with van der Waals surface area (Å²) in [6.07, 6.45) is 0.662. The molecule has 24 heavy (non-hydrogen) atoms. The third-order valence-corrected chi connectivity index (χ3v) is 4.03. The first-order chi connectivity index (χ1) is 11.7. The lowest BCUT2D eigenvalue weighted by Gasteiger charge is -2.28. The van der Waals surface area contributed by atoms with Gasteiger partial charge >= 0.3 is 0 Å². The van der Waals surface area contributed by atoms with E-state index >= 15 is 0 Å². The van der Waals surface area contributed by atoms with E-state index in [0.29, 0.717) is 24.9 Å². The van der Waals surface area contributed by atoms with Gasteiger partial charge in [-0.05, 0) is 25.8 Å². The zero-order valence-electron chi connectivity index (χ0n) is 14.7. The highest BCUT2D eigenvalue weighted by molar-refractivity contribution is 5.14. The Morgan fingerprint density at radius 3 is 2.58 bits per heavy atom. The van der Waals surface area contributed by atoms with Gasteiger partial charge in [-0.2, -0.15) is 4.98 Å². The molecule has 0 unspecified atom stereocenters. The summed E-state index contributed by atoms with van der Waals surface area (Å²) in [6.45, 7) is 7.83. The Morgan fingerprint density at radius 1 is 1.21 bits per heavy atom. The third-order valence-electron chi connectivity index (χ3n) is 4.03. The van der Waals surface area contributed by atoms with Crippen LogP contribution in [0.3, 0.4) is 0 Å². The van der Waals surface area contributed by atoms with Gasteiger partial charge in [-0.25, -0.2) is 0 Å². The van der Waals surface area contributed by atoms with Crippen molar-refractivity contribution in [3.05, 3.63) is 47.6 Å². The van der Waals surface area contributed by atoms with E-state index in [2.05, 4.69) is 34.1 Å². The molecule has 0 spiro atoms. The van der Waals surface area contributed by atoms with Crippen LogP contribution in [-0.2, 0) is 17.8 Å². The van der Waals surface area contributed by atoms with E-state index in [0.717, 1.165) is 13.0 Å². The van der Waals surface area contributed by atoms with Crippen LogP contribution in [0.5, 0.6) is 0 Å². The highest BCUT2D eigenvalue weighted by Gasteiger charge is 2.21. The molecule has 1 heterocycles. The lowest BCUT2D eigenvalue weighted by atomic mass is 10.1. The summed E-state index contributed by atoms with van der Waals surface area (Å²) in [6, 6.07) is 10.2. The topological polar surface area (TPSA) is 71.6 Å². The Labute approximate surface area is 143 Å². The zero-order chi connectivity index (χ0) is 17.4. The fourth-order valence-electron chi connectivity index (χ4n) is 2.63. The van der Waals surface area contributed by atoms with Crippen molar-refractivity contribution in [3.63, 3.8) is 0 Å². The van der Waals surface area contributed by atoms with E-state index in [1.165, 1.54) is 5.56 Å². The van der Waals surface area contributed by atoms with Crippen molar-refractivity contribution in [1.82, 2.24) is 15.0 Å². The number of aromatic nitrogens is 2. The average molecular weight is 333 g/mol. The van der Waals surface area contributed by atoms with Crippen molar-refractivity contribution in [1.29, 1.82) is 0 Å². The summed E-state index contributed by atoms with van der Waals surface area (Å²) in [5.74, 6) is 1.10. The Bertz CT molecular complexity index is 584. The predicted octanol–water partition coefficient (Wildman–Crippen LogP) is 2.94. The molecule has 0 radical (unpaired) electrons. The fraction of sp³-hybridized carbons (Fsp3) is 0.556. The van der Waals surface area contributed by atoms with Gasteiger partial charge < -0.3 is 14.4 Å². The van der Waals surface area contributed by atoms with Crippen LogP contribution in [0.4, 0.5) is 0 Å². The van der Waals surface area contributed by atoms with Crippen molar-refractivity contribution >= 4 is 0 Å². The first-order valence-corrected chi connectivity index (χ1v) is 8.50. The highest BCUT2D eigenvalue weighted by atomic mass is 16.5. The van der Waals surface area contributed by atoms with E-state index < -0.39 is 0 Å². The number of aliphatic hydroxyl groups excluding tert-OH is 1. The standard InChI is InChI=1S/C18H27N3O3/c1-4-16(13-22)21(11-15-9-7-6-8-10-15)12-17-19-18(20-24-17)14(3)23-5-2/h6-10,14,16,22H,4-5,11-13H2,1-3H3/t14-,16-/m0/s1. The first-order valence-electron chi connectivity index (χ1n) is 8.50. The maximum atomic E-state index is 9.69. The molecule has 0 fully saturated rings. The van der Waals surface area contributed by atoms with E-state index in [1.807, 2.05) is 32.0 Å². The number of benzene rings is 1. The predicted molar refractivity (Wildman–Crippen MR) is 91.2 cm³/mol. The van der Waals surface area contributed by atoms with Crippen molar-refractivity contribution in [2.45, 2.75) is 52.4 Å². The van der Waals surface area contributed by atoms with Crippen LogP contribution in [-0.4, -0.2) is 39.4 Å². The molecule has 6 heteroatoms. The molecule has 132 valence electrons. The van der Waals surface area contributed by atoms with Gasteiger partial charge in [0.15, 0.2) is 5.82 Å². The van der Waals surface area contributed by atoms with E-state index in [4.69, 9.17) is 9.26 Å². The highest BCUT2D eigenvalue weighted by Crippen LogP contribution is 2.17. The molecule has 2 aromatic rings. The van der Waals surface area contributed by atoms with Crippen molar-refractivity contribution in [2.75, 3.05) is 13.2 Å². The number of rotatable bonds is 10. The van der Waals surface area contributed by atoms with Gasteiger partial charge in [0, 0.05) is 19.2 Å². The second-order valence-corrected chi connectivity index (χ2v) is 5.78. The summed E-state index contributed by atoms with van der Waals surface area (Å²) in [5.41, 5.74) is 1.19. The van der Waals surface area contributed by atoms with Gasteiger partial charge in [0.05, 0.1) is 13.2 Å². The number of aliphatic hydroxyl groups is 1. The Kier molecular flexibility index (Phi) is 7.36. The molecule has 1 aromatic carbocycles. The normalized spacial score (nSPS) is 14.0. The largest absolute Gasteiger partial charge is 0.395 e. The number of ether oxygens (including phenoxy) is 1. The minimum atomic E-state index is -0.185. The molecular weight excluding hydrogens is 306 g/mol. The minimum Gasteiger partial charge on any atom is -0.395 e. The number of hydrogen-bond acceptors (Lipinski definition) is 6. The maximum absolute atomic E-state index is 9.69. The van der Waals surface area contributed by atoms with Gasteiger partial charge in [0.2, 0.25) is 5.89 Å². The van der Waals surface area contributed by atoms with Gasteiger partial charge in [-0.1, -0.05) is 42.4 Å². The summed E-state index contributed by atoms with van der Waals surface area (Å²) in [5, 5.41) is 13.7. The Hall–Kier alpha value is -1.76. The molecule has 0 bridgehead atoms. The smallest absolute Gasteiger partial charge is 0.240 e. The summed E-state index contributed by atoms with van der Waals surface area (Å²) < 4.78 is 10.9. The molecule has 6 nitrogen and oxygen atoms in total. The molecule has 0 aliphatic heterocycles. The summed E-state index contributed by atoms with van der Waals surface area (Å²) in [4.78, 5) is 6.60. The van der Waals surface area contributed by atoms with Crippen LogP contribution in [0.1, 0.15) is 50.6 Å². The zero-order valence-corrected chi connectivity index (χ0v) is 14.7. The van der Waals surface area contributed by atoms with Crippen molar-refractivity contribution in [3.8, 4) is 0 Å². The van der Waals surface area contributed by atoms with Gasteiger partial charge in [0.25, 0.3) is 0 Å². The Balaban J connectivity index is 2.10. The SMILES string of the molecule is CCO[C@@H](C)c1noc(CN(Cc2ccccc2)[C@@H](CC)CO)n1. The maximum Gasteiger partial charge on any atom is 0.240 e. The van der Waals surface area contributed by atoms with Crippen LogP contribution in [0.2, 0.25) is 0 Å². The molecule has 0 amide bonds. The monoisotopic (exact) mass is 333 g/mol. The van der Waals surface area contributed by atoms with Crippen molar-refractivity contribution in [2.24, 2.45) is 0 Å². The first kappa shape index (κ1) is 18.6.